The third kappa shape index (κ3) is 3.52. The summed E-state index contributed by atoms with van der Waals surface area (Å²) in [7, 11) is 0. The van der Waals surface area contributed by atoms with Crippen LogP contribution < -0.4 is 4.74 Å². The van der Waals surface area contributed by atoms with Gasteiger partial charge in [0.25, 0.3) is 0 Å². The van der Waals surface area contributed by atoms with E-state index in [1.165, 1.54) is 0 Å². The monoisotopic (exact) mass is 254 g/mol. The standard InChI is InChI=1S/C9H10ClF3N2O/c1-3-7-14-6(10)4-8(15-7)16-5(2)9(11,12)13/h4-5H,3H2,1-2H3. The predicted octanol–water partition coefficient (Wildman–Crippen LogP) is 3.02. The van der Waals surface area contributed by atoms with Gasteiger partial charge in [-0.05, 0) is 6.92 Å². The molecule has 1 atom stereocenters. The molecule has 0 fully saturated rings. The molecular formula is C9H10ClF3N2O. The van der Waals surface area contributed by atoms with Gasteiger partial charge in [0.05, 0.1) is 0 Å². The van der Waals surface area contributed by atoms with Crippen molar-refractivity contribution in [1.82, 2.24) is 9.97 Å². The molecule has 0 radical (unpaired) electrons. The molecule has 16 heavy (non-hydrogen) atoms. The van der Waals surface area contributed by atoms with Crippen LogP contribution in [0.25, 0.3) is 0 Å². The molecule has 1 heterocycles. The van der Waals surface area contributed by atoms with Crippen LogP contribution >= 0.6 is 11.6 Å². The number of ether oxygens (including phenoxy) is 1. The second-order valence-corrected chi connectivity index (χ2v) is 3.49. The molecular weight excluding hydrogens is 245 g/mol. The SMILES string of the molecule is CCc1nc(Cl)cc(OC(C)C(F)(F)F)n1. The summed E-state index contributed by atoms with van der Waals surface area (Å²) < 4.78 is 41.3. The van der Waals surface area contributed by atoms with Crippen molar-refractivity contribution in [3.05, 3.63) is 17.0 Å². The molecule has 0 aromatic carbocycles. The number of nitrogens with zero attached hydrogens (tertiary/aromatic N) is 2. The number of hydrogen-bond acceptors (Lipinski definition) is 3. The zero-order valence-electron chi connectivity index (χ0n) is 8.68. The molecule has 0 aliphatic carbocycles. The Hall–Kier alpha value is -1.04. The summed E-state index contributed by atoms with van der Waals surface area (Å²) in [5.41, 5.74) is 0. The number of alkyl halides is 3. The Morgan fingerprint density at radius 2 is 2.06 bits per heavy atom. The summed E-state index contributed by atoms with van der Waals surface area (Å²) in [5, 5.41) is 0.0659. The highest BCUT2D eigenvalue weighted by molar-refractivity contribution is 6.29. The lowest BCUT2D eigenvalue weighted by molar-refractivity contribution is -0.190. The number of aromatic nitrogens is 2. The minimum Gasteiger partial charge on any atom is -0.465 e. The molecule has 0 aliphatic heterocycles. The fourth-order valence-electron chi connectivity index (χ4n) is 0.908. The molecule has 1 unspecified atom stereocenters. The Balaban J connectivity index is 2.85. The predicted molar refractivity (Wildman–Crippen MR) is 52.6 cm³/mol. The Kier molecular flexibility index (Phi) is 3.96. The molecule has 90 valence electrons. The van der Waals surface area contributed by atoms with Crippen LogP contribution in [0.4, 0.5) is 13.2 Å². The van der Waals surface area contributed by atoms with E-state index in [9.17, 15) is 13.2 Å². The van der Waals surface area contributed by atoms with E-state index < -0.39 is 12.3 Å². The highest BCUT2D eigenvalue weighted by atomic mass is 35.5. The van der Waals surface area contributed by atoms with Crippen LogP contribution in [0.2, 0.25) is 5.15 Å². The van der Waals surface area contributed by atoms with Crippen molar-refractivity contribution in [1.29, 1.82) is 0 Å². The molecule has 1 rings (SSSR count). The van der Waals surface area contributed by atoms with Gasteiger partial charge in [0.1, 0.15) is 11.0 Å². The molecule has 0 N–H and O–H groups in total. The number of aryl methyl sites for hydroxylation is 1. The Bertz CT molecular complexity index is 370. The Labute approximate surface area is 95.6 Å². The zero-order chi connectivity index (χ0) is 12.3. The van der Waals surface area contributed by atoms with E-state index in [0.29, 0.717) is 12.2 Å². The average Bonchev–Trinajstić information content (AvgIpc) is 2.15. The summed E-state index contributed by atoms with van der Waals surface area (Å²) in [6, 6.07) is 1.16. The summed E-state index contributed by atoms with van der Waals surface area (Å²) in [6.45, 7) is 2.67. The molecule has 0 spiro atoms. The molecule has 1 aromatic rings. The second kappa shape index (κ2) is 4.86. The third-order valence-electron chi connectivity index (χ3n) is 1.79. The summed E-state index contributed by atoms with van der Waals surface area (Å²) in [5.74, 6) is 0.179. The van der Waals surface area contributed by atoms with Crippen LogP contribution in [0.5, 0.6) is 5.88 Å². The first-order chi connectivity index (χ1) is 7.32. The summed E-state index contributed by atoms with van der Waals surface area (Å²) >= 11 is 5.61. The first-order valence-electron chi connectivity index (χ1n) is 4.59. The fourth-order valence-corrected chi connectivity index (χ4v) is 1.10. The van der Waals surface area contributed by atoms with Crippen LogP contribution in [0.15, 0.2) is 6.07 Å². The van der Waals surface area contributed by atoms with E-state index in [0.717, 1.165) is 13.0 Å². The van der Waals surface area contributed by atoms with Crippen molar-refractivity contribution >= 4 is 11.6 Å². The van der Waals surface area contributed by atoms with Crippen LogP contribution in [0, 0.1) is 0 Å². The van der Waals surface area contributed by atoms with Gasteiger partial charge in [0.2, 0.25) is 5.88 Å². The van der Waals surface area contributed by atoms with Crippen molar-refractivity contribution in [2.75, 3.05) is 0 Å². The lowest BCUT2D eigenvalue weighted by Crippen LogP contribution is -2.31. The van der Waals surface area contributed by atoms with Crippen LogP contribution in [-0.4, -0.2) is 22.2 Å². The summed E-state index contributed by atoms with van der Waals surface area (Å²) in [6.07, 6.45) is -5.88. The van der Waals surface area contributed by atoms with Crippen molar-refractivity contribution in [3.8, 4) is 5.88 Å². The van der Waals surface area contributed by atoms with Crippen LogP contribution in [0.3, 0.4) is 0 Å². The van der Waals surface area contributed by atoms with E-state index in [-0.39, 0.29) is 11.0 Å². The summed E-state index contributed by atoms with van der Waals surface area (Å²) in [4.78, 5) is 7.60. The van der Waals surface area contributed by atoms with Crippen molar-refractivity contribution in [2.24, 2.45) is 0 Å². The quantitative estimate of drug-likeness (QED) is 0.778. The topological polar surface area (TPSA) is 35.0 Å². The fraction of sp³-hybridized carbons (Fsp3) is 0.556. The maximum atomic E-state index is 12.2. The molecule has 3 nitrogen and oxygen atoms in total. The van der Waals surface area contributed by atoms with Crippen LogP contribution in [0.1, 0.15) is 19.7 Å². The van der Waals surface area contributed by atoms with E-state index in [1.54, 1.807) is 6.92 Å². The zero-order valence-corrected chi connectivity index (χ0v) is 9.43. The molecule has 0 saturated heterocycles. The van der Waals surface area contributed by atoms with Crippen molar-refractivity contribution in [2.45, 2.75) is 32.5 Å². The highest BCUT2D eigenvalue weighted by Gasteiger charge is 2.38. The van der Waals surface area contributed by atoms with Gasteiger partial charge >= 0.3 is 6.18 Å². The largest absolute Gasteiger partial charge is 0.465 e. The van der Waals surface area contributed by atoms with Gasteiger partial charge in [-0.25, -0.2) is 4.98 Å². The first kappa shape index (κ1) is 13.0. The van der Waals surface area contributed by atoms with E-state index in [4.69, 9.17) is 11.6 Å². The Morgan fingerprint density at radius 3 is 2.56 bits per heavy atom. The molecule has 1 aromatic heterocycles. The maximum absolute atomic E-state index is 12.2. The van der Waals surface area contributed by atoms with Gasteiger partial charge in [0, 0.05) is 12.5 Å². The van der Waals surface area contributed by atoms with Gasteiger partial charge in [-0.1, -0.05) is 18.5 Å². The van der Waals surface area contributed by atoms with Gasteiger partial charge in [-0.3, -0.25) is 0 Å². The number of hydrogen-bond donors (Lipinski definition) is 0. The highest BCUT2D eigenvalue weighted by Crippen LogP contribution is 2.24. The van der Waals surface area contributed by atoms with Crippen molar-refractivity contribution < 1.29 is 17.9 Å². The molecule has 7 heteroatoms. The molecule has 0 aliphatic rings. The minimum atomic E-state index is -4.43. The van der Waals surface area contributed by atoms with Gasteiger partial charge in [0.15, 0.2) is 6.10 Å². The first-order valence-corrected chi connectivity index (χ1v) is 4.97. The lowest BCUT2D eigenvalue weighted by Gasteiger charge is -2.17. The number of rotatable bonds is 3. The van der Waals surface area contributed by atoms with Gasteiger partial charge in [-0.2, -0.15) is 18.2 Å². The van der Waals surface area contributed by atoms with Gasteiger partial charge in [-0.15, -0.1) is 0 Å². The maximum Gasteiger partial charge on any atom is 0.425 e. The number of halogens is 4. The minimum absolute atomic E-state index is 0.0659. The van der Waals surface area contributed by atoms with E-state index in [2.05, 4.69) is 14.7 Å². The van der Waals surface area contributed by atoms with Crippen molar-refractivity contribution in [3.63, 3.8) is 0 Å². The Morgan fingerprint density at radius 1 is 1.44 bits per heavy atom. The normalized spacial score (nSPS) is 13.6. The van der Waals surface area contributed by atoms with E-state index >= 15 is 0 Å². The lowest BCUT2D eigenvalue weighted by atomic mass is 10.4. The third-order valence-corrected chi connectivity index (χ3v) is 1.99. The average molecular weight is 255 g/mol. The molecule has 0 bridgehead atoms. The van der Waals surface area contributed by atoms with Gasteiger partial charge < -0.3 is 4.74 Å². The molecule has 0 amide bonds. The second-order valence-electron chi connectivity index (χ2n) is 3.10. The molecule has 0 saturated carbocycles. The van der Waals surface area contributed by atoms with Crippen LogP contribution in [-0.2, 0) is 6.42 Å². The smallest absolute Gasteiger partial charge is 0.425 e. The van der Waals surface area contributed by atoms with E-state index in [1.807, 2.05) is 0 Å².